The van der Waals surface area contributed by atoms with E-state index in [1.165, 1.54) is 0 Å². The molecule has 188 valence electrons. The SMILES string of the molecule is CS(=O)(=O)NC(=O)c1c(C2=CC=CCC2=O)c2cc(Cl)ccc2n1Cc1cccc(NS(C)(=O)=O)c1. The van der Waals surface area contributed by atoms with Gasteiger partial charge in [0.1, 0.15) is 5.69 Å². The number of halogens is 1. The number of aromatic nitrogens is 1. The number of ketones is 1. The molecule has 0 saturated heterocycles. The van der Waals surface area contributed by atoms with Crippen LogP contribution in [0.5, 0.6) is 0 Å². The number of hydrogen-bond acceptors (Lipinski definition) is 6. The fourth-order valence-corrected chi connectivity index (χ4v) is 5.27. The normalized spacial score (nSPS) is 14.1. The molecule has 1 aliphatic carbocycles. The van der Waals surface area contributed by atoms with Gasteiger partial charge < -0.3 is 4.57 Å². The maximum Gasteiger partial charge on any atom is 0.282 e. The Morgan fingerprint density at radius 2 is 1.81 bits per heavy atom. The summed E-state index contributed by atoms with van der Waals surface area (Å²) >= 11 is 6.27. The molecule has 12 heteroatoms. The van der Waals surface area contributed by atoms with Crippen molar-refractivity contribution in [2.75, 3.05) is 17.2 Å². The summed E-state index contributed by atoms with van der Waals surface area (Å²) in [6, 6.07) is 11.5. The van der Waals surface area contributed by atoms with Crippen LogP contribution in [0.25, 0.3) is 16.5 Å². The van der Waals surface area contributed by atoms with Crippen molar-refractivity contribution < 1.29 is 26.4 Å². The van der Waals surface area contributed by atoms with Gasteiger partial charge in [0.2, 0.25) is 20.0 Å². The van der Waals surface area contributed by atoms with E-state index < -0.39 is 26.0 Å². The minimum atomic E-state index is -3.93. The van der Waals surface area contributed by atoms with Crippen LogP contribution >= 0.6 is 11.6 Å². The zero-order valence-corrected chi connectivity index (χ0v) is 21.7. The van der Waals surface area contributed by atoms with E-state index in [2.05, 4.69) is 4.72 Å². The van der Waals surface area contributed by atoms with Crippen molar-refractivity contribution in [3.8, 4) is 0 Å². The Morgan fingerprint density at radius 1 is 1.06 bits per heavy atom. The second-order valence-corrected chi connectivity index (χ2v) is 12.3. The number of hydrogen-bond donors (Lipinski definition) is 2. The zero-order chi connectivity index (χ0) is 26.3. The molecule has 2 N–H and O–H groups in total. The van der Waals surface area contributed by atoms with Gasteiger partial charge >= 0.3 is 0 Å². The molecule has 0 saturated carbocycles. The van der Waals surface area contributed by atoms with Crippen LogP contribution in [-0.2, 0) is 31.4 Å². The summed E-state index contributed by atoms with van der Waals surface area (Å²) in [6.07, 6.45) is 7.00. The number of rotatable bonds is 7. The predicted octanol–water partition coefficient (Wildman–Crippen LogP) is 3.32. The Balaban J connectivity index is 1.98. The summed E-state index contributed by atoms with van der Waals surface area (Å²) in [7, 11) is -7.45. The highest BCUT2D eigenvalue weighted by atomic mass is 35.5. The third-order valence-corrected chi connectivity index (χ3v) is 6.76. The Morgan fingerprint density at radius 3 is 2.47 bits per heavy atom. The van der Waals surface area contributed by atoms with Crippen LogP contribution in [-0.4, -0.2) is 45.6 Å². The van der Waals surface area contributed by atoms with Gasteiger partial charge in [0.25, 0.3) is 5.91 Å². The Labute approximate surface area is 213 Å². The maximum absolute atomic E-state index is 13.4. The van der Waals surface area contributed by atoms with Crippen molar-refractivity contribution in [2.45, 2.75) is 13.0 Å². The fourth-order valence-electron chi connectivity index (χ4n) is 4.11. The highest BCUT2D eigenvalue weighted by Gasteiger charge is 2.29. The molecule has 0 aliphatic heterocycles. The zero-order valence-electron chi connectivity index (χ0n) is 19.3. The lowest BCUT2D eigenvalue weighted by molar-refractivity contribution is -0.113. The monoisotopic (exact) mass is 547 g/mol. The molecular formula is C24H22ClN3O6S2. The summed E-state index contributed by atoms with van der Waals surface area (Å²) in [5.74, 6) is -1.14. The van der Waals surface area contributed by atoms with Crippen molar-refractivity contribution in [1.82, 2.24) is 9.29 Å². The maximum atomic E-state index is 13.4. The summed E-state index contributed by atoms with van der Waals surface area (Å²) in [6.45, 7) is 0.0707. The number of allylic oxidation sites excluding steroid dienone is 4. The van der Waals surface area contributed by atoms with E-state index in [0.29, 0.717) is 27.2 Å². The molecule has 1 amide bonds. The standard InChI is InChI=1S/C24H22ClN3O6S2/c1-35(31,32)26-17-7-5-6-15(12-17)14-28-20-11-10-16(25)13-19(20)22(18-8-3-4-9-21(18)29)23(28)24(30)27-36(2,33)34/h3-8,10-13,26H,9,14H2,1-2H3,(H,27,30). The number of nitrogens with one attached hydrogen (secondary N) is 2. The molecule has 0 radical (unpaired) electrons. The van der Waals surface area contributed by atoms with Crippen LogP contribution < -0.4 is 9.44 Å². The first-order valence-electron chi connectivity index (χ1n) is 10.6. The van der Waals surface area contributed by atoms with Crippen LogP contribution in [0.1, 0.15) is 28.0 Å². The van der Waals surface area contributed by atoms with Gasteiger partial charge in [-0.2, -0.15) is 0 Å². The van der Waals surface area contributed by atoms with E-state index in [1.807, 2.05) is 4.72 Å². The summed E-state index contributed by atoms with van der Waals surface area (Å²) in [5, 5.41) is 0.871. The summed E-state index contributed by atoms with van der Waals surface area (Å²) in [5.41, 5.74) is 1.99. The number of nitrogens with zero attached hydrogens (tertiary/aromatic N) is 1. The quantitative estimate of drug-likeness (QED) is 0.466. The molecule has 0 spiro atoms. The molecule has 3 aromatic rings. The van der Waals surface area contributed by atoms with E-state index in [1.54, 1.807) is 65.3 Å². The Bertz CT molecular complexity index is 1690. The van der Waals surface area contributed by atoms with Crippen LogP contribution in [0.4, 0.5) is 5.69 Å². The molecule has 1 aromatic heterocycles. The lowest BCUT2D eigenvalue weighted by atomic mass is 9.93. The molecule has 0 atom stereocenters. The molecule has 2 aromatic carbocycles. The second-order valence-electron chi connectivity index (χ2n) is 8.38. The molecule has 1 aliphatic rings. The van der Waals surface area contributed by atoms with Gasteiger partial charge in [-0.3, -0.25) is 14.3 Å². The number of benzene rings is 2. The molecule has 4 rings (SSSR count). The van der Waals surface area contributed by atoms with E-state index in [0.717, 1.165) is 12.5 Å². The van der Waals surface area contributed by atoms with E-state index in [-0.39, 0.29) is 35.6 Å². The predicted molar refractivity (Wildman–Crippen MR) is 140 cm³/mol. The van der Waals surface area contributed by atoms with Crippen LogP contribution in [0.2, 0.25) is 5.02 Å². The van der Waals surface area contributed by atoms with E-state index in [4.69, 9.17) is 11.6 Å². The molecule has 0 fully saturated rings. The number of carbonyl (C=O) groups excluding carboxylic acids is 2. The number of amides is 1. The van der Waals surface area contributed by atoms with Crippen molar-refractivity contribution in [1.29, 1.82) is 0 Å². The Kier molecular flexibility index (Phi) is 6.82. The van der Waals surface area contributed by atoms with E-state index in [9.17, 15) is 26.4 Å². The van der Waals surface area contributed by atoms with Gasteiger partial charge in [0, 0.05) is 45.7 Å². The van der Waals surface area contributed by atoms with Crippen molar-refractivity contribution in [2.24, 2.45) is 0 Å². The number of Topliss-reactive ketones (excluding diaryl/α,β-unsaturated/α-hetero) is 1. The average Bonchev–Trinajstić information content (AvgIpc) is 3.05. The summed E-state index contributed by atoms with van der Waals surface area (Å²) in [4.78, 5) is 26.2. The number of carbonyl (C=O) groups is 2. The number of sulfonamides is 2. The number of anilines is 1. The van der Waals surface area contributed by atoms with Crippen molar-refractivity contribution in [3.63, 3.8) is 0 Å². The second kappa shape index (κ2) is 9.57. The van der Waals surface area contributed by atoms with Crippen LogP contribution in [0.3, 0.4) is 0 Å². The summed E-state index contributed by atoms with van der Waals surface area (Å²) < 4.78 is 53.3. The molecule has 0 bridgehead atoms. The minimum absolute atomic E-state index is 0.0333. The number of fused-ring (bicyclic) bond motifs is 1. The first-order valence-corrected chi connectivity index (χ1v) is 14.8. The lowest BCUT2D eigenvalue weighted by Gasteiger charge is -2.14. The fraction of sp³-hybridized carbons (Fsp3) is 0.167. The van der Waals surface area contributed by atoms with Gasteiger partial charge in [-0.25, -0.2) is 21.6 Å². The van der Waals surface area contributed by atoms with Crippen LogP contribution in [0.15, 0.2) is 60.7 Å². The third-order valence-electron chi connectivity index (χ3n) is 5.36. The van der Waals surface area contributed by atoms with Gasteiger partial charge in [0.15, 0.2) is 5.78 Å². The molecule has 36 heavy (non-hydrogen) atoms. The van der Waals surface area contributed by atoms with Gasteiger partial charge in [-0.15, -0.1) is 0 Å². The topological polar surface area (TPSA) is 131 Å². The largest absolute Gasteiger partial charge is 0.331 e. The first-order chi connectivity index (χ1) is 16.8. The van der Waals surface area contributed by atoms with Crippen molar-refractivity contribution >= 4 is 65.5 Å². The highest BCUT2D eigenvalue weighted by Crippen LogP contribution is 2.36. The van der Waals surface area contributed by atoms with Gasteiger partial charge in [-0.1, -0.05) is 42.0 Å². The van der Waals surface area contributed by atoms with Gasteiger partial charge in [-0.05, 0) is 35.9 Å². The van der Waals surface area contributed by atoms with Gasteiger partial charge in [0.05, 0.1) is 12.5 Å². The average molecular weight is 548 g/mol. The smallest absolute Gasteiger partial charge is 0.282 e. The van der Waals surface area contributed by atoms with E-state index >= 15 is 0 Å². The molecular weight excluding hydrogens is 526 g/mol. The molecule has 9 nitrogen and oxygen atoms in total. The van der Waals surface area contributed by atoms with Crippen molar-refractivity contribution in [3.05, 3.63) is 82.5 Å². The molecule has 1 heterocycles. The Hall–Kier alpha value is -3.41. The highest BCUT2D eigenvalue weighted by molar-refractivity contribution is 7.92. The minimum Gasteiger partial charge on any atom is -0.331 e. The van der Waals surface area contributed by atoms with Crippen LogP contribution in [0, 0.1) is 0 Å². The first kappa shape index (κ1) is 25.7. The molecule has 0 unspecified atom stereocenters. The lowest BCUT2D eigenvalue weighted by Crippen LogP contribution is -2.32. The third kappa shape index (κ3) is 5.69.